The second kappa shape index (κ2) is 7.65. The Morgan fingerprint density at radius 1 is 1.22 bits per heavy atom. The summed E-state index contributed by atoms with van der Waals surface area (Å²) >= 11 is 0. The molecule has 2 aromatic heterocycles. The molecular formula is C20H19FN4O2. The first-order chi connectivity index (χ1) is 13.2. The number of halogens is 1. The predicted octanol–water partition coefficient (Wildman–Crippen LogP) is 3.56. The van der Waals surface area contributed by atoms with Gasteiger partial charge in [0.2, 0.25) is 5.89 Å². The number of hydrogen-bond acceptors (Lipinski definition) is 5. The van der Waals surface area contributed by atoms with Gasteiger partial charge in [-0.2, -0.15) is 10.2 Å². The summed E-state index contributed by atoms with van der Waals surface area (Å²) in [5.41, 5.74) is 1.32. The molecule has 138 valence electrons. The molecule has 1 aliphatic rings. The summed E-state index contributed by atoms with van der Waals surface area (Å²) in [4.78, 5) is 19.1. The Bertz CT molecular complexity index is 928. The van der Waals surface area contributed by atoms with Crippen molar-refractivity contribution in [2.75, 3.05) is 6.54 Å². The smallest absolute Gasteiger partial charge is 0.256 e. The number of aromatic nitrogens is 3. The molecule has 0 N–H and O–H groups in total. The van der Waals surface area contributed by atoms with Crippen LogP contribution in [0.25, 0.3) is 0 Å². The number of amides is 1. The molecule has 0 aliphatic carbocycles. The van der Waals surface area contributed by atoms with Gasteiger partial charge in [-0.25, -0.2) is 9.37 Å². The van der Waals surface area contributed by atoms with E-state index in [2.05, 4.69) is 15.2 Å². The molecule has 6 nitrogen and oxygen atoms in total. The van der Waals surface area contributed by atoms with Crippen LogP contribution in [0.2, 0.25) is 0 Å². The van der Waals surface area contributed by atoms with Crippen LogP contribution in [0.3, 0.4) is 0 Å². The van der Waals surface area contributed by atoms with Crippen LogP contribution in [0, 0.1) is 5.82 Å². The third-order valence-corrected chi connectivity index (χ3v) is 4.72. The average molecular weight is 366 g/mol. The average Bonchev–Trinajstić information content (AvgIpc) is 3.16. The van der Waals surface area contributed by atoms with Gasteiger partial charge in [-0.05, 0) is 43.0 Å². The number of benzene rings is 1. The zero-order valence-electron chi connectivity index (χ0n) is 14.7. The Morgan fingerprint density at radius 3 is 2.96 bits per heavy atom. The van der Waals surface area contributed by atoms with Gasteiger partial charge in [0, 0.05) is 13.0 Å². The van der Waals surface area contributed by atoms with Gasteiger partial charge in [0.15, 0.2) is 0 Å². The number of nitrogens with zero attached hydrogens (tertiary/aromatic N) is 4. The number of rotatable bonds is 4. The Kier molecular flexibility index (Phi) is 4.91. The van der Waals surface area contributed by atoms with Crippen molar-refractivity contribution in [1.29, 1.82) is 0 Å². The lowest BCUT2D eigenvalue weighted by atomic mass is 10.0. The van der Waals surface area contributed by atoms with Gasteiger partial charge in [-0.3, -0.25) is 4.79 Å². The van der Waals surface area contributed by atoms with E-state index in [0.29, 0.717) is 30.2 Å². The van der Waals surface area contributed by atoms with Crippen LogP contribution in [0.4, 0.5) is 4.39 Å². The minimum Gasteiger partial charge on any atom is -0.443 e. The number of carbonyl (C=O) groups excluding carboxylic acids is 1. The molecule has 1 saturated heterocycles. The number of likely N-dealkylation sites (tertiary alicyclic amines) is 1. The maximum atomic E-state index is 13.4. The van der Waals surface area contributed by atoms with Crippen LogP contribution < -0.4 is 0 Å². The van der Waals surface area contributed by atoms with Gasteiger partial charge in [-0.1, -0.05) is 12.1 Å². The molecule has 27 heavy (non-hydrogen) atoms. The van der Waals surface area contributed by atoms with Crippen molar-refractivity contribution in [1.82, 2.24) is 20.1 Å². The largest absolute Gasteiger partial charge is 0.443 e. The summed E-state index contributed by atoms with van der Waals surface area (Å²) in [5, 5.41) is 7.51. The number of hydrogen-bond donors (Lipinski definition) is 0. The highest BCUT2D eigenvalue weighted by Crippen LogP contribution is 2.32. The Labute approximate surface area is 156 Å². The molecule has 0 spiro atoms. The molecule has 7 heteroatoms. The van der Waals surface area contributed by atoms with Crippen molar-refractivity contribution < 1.29 is 13.6 Å². The Balaban J connectivity index is 1.54. The van der Waals surface area contributed by atoms with Crippen LogP contribution >= 0.6 is 0 Å². The monoisotopic (exact) mass is 366 g/mol. The molecule has 0 saturated carbocycles. The normalized spacial score (nSPS) is 17.1. The molecule has 1 fully saturated rings. The zero-order chi connectivity index (χ0) is 18.6. The lowest BCUT2D eigenvalue weighted by Crippen LogP contribution is -2.38. The molecule has 0 unspecified atom stereocenters. The van der Waals surface area contributed by atoms with Gasteiger partial charge < -0.3 is 9.32 Å². The van der Waals surface area contributed by atoms with E-state index in [4.69, 9.17) is 4.42 Å². The SMILES string of the molecule is O=C(c1ccnnc1)N1CCCC[C@@H]1c1ncc(Cc2cccc(F)c2)o1. The third-order valence-electron chi connectivity index (χ3n) is 4.72. The highest BCUT2D eigenvalue weighted by molar-refractivity contribution is 5.94. The van der Waals surface area contributed by atoms with Crippen molar-refractivity contribution >= 4 is 5.91 Å². The summed E-state index contributed by atoms with van der Waals surface area (Å²) in [5.74, 6) is 0.803. The molecule has 0 bridgehead atoms. The quantitative estimate of drug-likeness (QED) is 0.706. The van der Waals surface area contributed by atoms with Gasteiger partial charge in [0.05, 0.1) is 24.2 Å². The fourth-order valence-corrected chi connectivity index (χ4v) is 3.42. The summed E-state index contributed by atoms with van der Waals surface area (Å²) in [7, 11) is 0. The minimum atomic E-state index is -0.276. The molecule has 1 aromatic carbocycles. The first-order valence-corrected chi connectivity index (χ1v) is 8.97. The lowest BCUT2D eigenvalue weighted by Gasteiger charge is -2.33. The van der Waals surface area contributed by atoms with Crippen molar-refractivity contribution in [3.63, 3.8) is 0 Å². The maximum Gasteiger partial charge on any atom is 0.256 e. The number of piperidine rings is 1. The van der Waals surface area contributed by atoms with Crippen LogP contribution in [0.1, 0.15) is 52.9 Å². The van der Waals surface area contributed by atoms with Crippen LogP contribution in [0.5, 0.6) is 0 Å². The lowest BCUT2D eigenvalue weighted by molar-refractivity contribution is 0.0569. The summed E-state index contributed by atoms with van der Waals surface area (Å²) in [6, 6.07) is 7.86. The van der Waals surface area contributed by atoms with E-state index in [9.17, 15) is 9.18 Å². The van der Waals surface area contributed by atoms with E-state index < -0.39 is 0 Å². The Hall–Kier alpha value is -3.09. The molecule has 1 aliphatic heterocycles. The van der Waals surface area contributed by atoms with E-state index >= 15 is 0 Å². The third kappa shape index (κ3) is 3.86. The second-order valence-electron chi connectivity index (χ2n) is 6.61. The van der Waals surface area contributed by atoms with Crippen molar-refractivity contribution in [3.05, 3.63) is 77.5 Å². The molecule has 0 radical (unpaired) electrons. The predicted molar refractivity (Wildman–Crippen MR) is 95.4 cm³/mol. The van der Waals surface area contributed by atoms with Gasteiger partial charge in [0.25, 0.3) is 5.91 Å². The summed E-state index contributed by atoms with van der Waals surface area (Å²) in [6.45, 7) is 0.646. The van der Waals surface area contributed by atoms with E-state index in [1.165, 1.54) is 24.5 Å². The van der Waals surface area contributed by atoms with Crippen molar-refractivity contribution in [2.24, 2.45) is 0 Å². The fourth-order valence-electron chi connectivity index (χ4n) is 3.42. The van der Waals surface area contributed by atoms with E-state index in [-0.39, 0.29) is 17.8 Å². The molecular weight excluding hydrogens is 347 g/mol. The standard InChI is InChI=1S/C20H19FN4O2/c21-16-5-3-4-14(10-16)11-17-13-22-19(27-17)18-6-1-2-9-25(18)20(26)15-7-8-23-24-12-15/h3-5,7-8,10,12-13,18H,1-2,6,9,11H2/t18-/m1/s1. The second-order valence-corrected chi connectivity index (χ2v) is 6.61. The highest BCUT2D eigenvalue weighted by atomic mass is 19.1. The van der Waals surface area contributed by atoms with Gasteiger partial charge >= 0.3 is 0 Å². The molecule has 3 aromatic rings. The van der Waals surface area contributed by atoms with Crippen LogP contribution in [0.15, 0.2) is 53.3 Å². The van der Waals surface area contributed by atoms with Crippen LogP contribution in [-0.2, 0) is 6.42 Å². The maximum absolute atomic E-state index is 13.4. The fraction of sp³-hybridized carbons (Fsp3) is 0.300. The van der Waals surface area contributed by atoms with E-state index in [1.807, 2.05) is 6.07 Å². The number of carbonyl (C=O) groups is 1. The number of oxazole rings is 1. The first kappa shape index (κ1) is 17.3. The van der Waals surface area contributed by atoms with Crippen molar-refractivity contribution in [3.8, 4) is 0 Å². The molecule has 4 rings (SSSR count). The molecule has 3 heterocycles. The minimum absolute atomic E-state index is 0.0977. The van der Waals surface area contributed by atoms with E-state index in [1.54, 1.807) is 23.2 Å². The first-order valence-electron chi connectivity index (χ1n) is 8.97. The molecule has 1 atom stereocenters. The summed E-state index contributed by atoms with van der Waals surface area (Å²) < 4.78 is 19.3. The van der Waals surface area contributed by atoms with Gasteiger partial charge in [-0.15, -0.1) is 0 Å². The highest BCUT2D eigenvalue weighted by Gasteiger charge is 2.32. The zero-order valence-corrected chi connectivity index (χ0v) is 14.7. The van der Waals surface area contributed by atoms with E-state index in [0.717, 1.165) is 24.8 Å². The summed E-state index contributed by atoms with van der Waals surface area (Å²) in [6.07, 6.45) is 7.84. The molecule has 1 amide bonds. The van der Waals surface area contributed by atoms with Crippen LogP contribution in [-0.4, -0.2) is 32.5 Å². The topological polar surface area (TPSA) is 72.1 Å². The Morgan fingerprint density at radius 2 is 2.15 bits per heavy atom. The van der Waals surface area contributed by atoms with Crippen molar-refractivity contribution in [2.45, 2.75) is 31.7 Å². The van der Waals surface area contributed by atoms with Gasteiger partial charge in [0.1, 0.15) is 17.6 Å².